The zero-order valence-corrected chi connectivity index (χ0v) is 20.0. The van der Waals surface area contributed by atoms with Gasteiger partial charge in [-0.1, -0.05) is 121 Å². The molecule has 0 spiro atoms. The van der Waals surface area contributed by atoms with Gasteiger partial charge in [-0.3, -0.25) is 10.1 Å². The molecule has 1 amide bonds. The molecule has 0 saturated carbocycles. The third-order valence-electron chi connectivity index (χ3n) is 7.01. The van der Waals surface area contributed by atoms with Crippen molar-refractivity contribution in [2.24, 2.45) is 0 Å². The number of nitrogens with zero attached hydrogens (tertiary/aromatic N) is 1. The maximum absolute atomic E-state index is 14.0. The molecule has 4 aromatic carbocycles. The molecule has 0 aromatic heterocycles. The van der Waals surface area contributed by atoms with Gasteiger partial charge in [-0.2, -0.15) is 0 Å². The fraction of sp³-hybridized carbons (Fsp3) is 0.219. The van der Waals surface area contributed by atoms with Crippen LogP contribution < -0.4 is 5.32 Å². The smallest absolute Gasteiger partial charge is 0.240 e. The highest BCUT2D eigenvalue weighted by molar-refractivity contribution is 5.82. The van der Waals surface area contributed by atoms with E-state index in [4.69, 9.17) is 0 Å². The average Bonchev–Trinajstić information content (AvgIpc) is 3.10. The molecule has 3 nitrogen and oxygen atoms in total. The van der Waals surface area contributed by atoms with Crippen molar-refractivity contribution in [3.05, 3.63) is 144 Å². The molecule has 0 aliphatic carbocycles. The predicted molar refractivity (Wildman–Crippen MR) is 142 cm³/mol. The van der Waals surface area contributed by atoms with Crippen molar-refractivity contribution in [3.8, 4) is 0 Å². The highest BCUT2D eigenvalue weighted by Crippen LogP contribution is 2.38. The molecule has 5 rings (SSSR count). The molecule has 1 fully saturated rings. The van der Waals surface area contributed by atoms with E-state index in [9.17, 15) is 4.79 Å². The number of benzene rings is 4. The van der Waals surface area contributed by atoms with Crippen LogP contribution in [0.4, 0.5) is 0 Å². The number of amides is 1. The van der Waals surface area contributed by atoms with Crippen LogP contribution in [0.2, 0.25) is 0 Å². The van der Waals surface area contributed by atoms with E-state index in [1.165, 1.54) is 5.56 Å². The molecular weight excluding hydrogens is 428 g/mol. The fourth-order valence-corrected chi connectivity index (χ4v) is 5.28. The van der Waals surface area contributed by atoms with Gasteiger partial charge in [-0.25, -0.2) is 0 Å². The Bertz CT molecular complexity index is 1110. The van der Waals surface area contributed by atoms with Gasteiger partial charge in [0.1, 0.15) is 0 Å². The lowest BCUT2D eigenvalue weighted by atomic mass is 9.76. The van der Waals surface area contributed by atoms with Crippen LogP contribution in [0.5, 0.6) is 0 Å². The molecule has 0 bridgehead atoms. The molecule has 4 aromatic rings. The molecule has 1 aliphatic heterocycles. The van der Waals surface area contributed by atoms with Gasteiger partial charge < -0.3 is 4.90 Å². The second-order valence-electron chi connectivity index (χ2n) is 9.29. The van der Waals surface area contributed by atoms with E-state index in [2.05, 4.69) is 90.2 Å². The Morgan fingerprint density at radius 3 is 1.60 bits per heavy atom. The second-order valence-corrected chi connectivity index (χ2v) is 9.29. The highest BCUT2D eigenvalue weighted by Gasteiger charge is 2.41. The molecule has 1 unspecified atom stereocenters. The second kappa shape index (κ2) is 10.7. The quantitative estimate of drug-likeness (QED) is 0.336. The molecule has 1 heterocycles. The first-order chi connectivity index (χ1) is 17.3. The molecule has 1 aliphatic rings. The minimum absolute atomic E-state index is 0.179. The van der Waals surface area contributed by atoms with Crippen molar-refractivity contribution in [2.75, 3.05) is 6.54 Å². The lowest BCUT2D eigenvalue weighted by Crippen LogP contribution is -2.55. The summed E-state index contributed by atoms with van der Waals surface area (Å²) in [5.74, 6) is 0.179. The Balaban J connectivity index is 1.58. The number of hydrogen-bond donors (Lipinski definition) is 1. The SMILES string of the molecule is O=C1C(NC(c2ccccc2)(c2ccccc2)c2ccccc2)CCCCN1Cc1ccccc1. The summed E-state index contributed by atoms with van der Waals surface area (Å²) in [6.07, 6.45) is 2.85. The van der Waals surface area contributed by atoms with Crippen LogP contribution in [-0.2, 0) is 16.9 Å². The number of likely N-dealkylation sites (tertiary alicyclic amines) is 1. The van der Waals surface area contributed by atoms with Gasteiger partial charge in [0, 0.05) is 13.1 Å². The first-order valence-corrected chi connectivity index (χ1v) is 12.5. The van der Waals surface area contributed by atoms with Crippen LogP contribution in [0.1, 0.15) is 41.5 Å². The lowest BCUT2D eigenvalue weighted by molar-refractivity contribution is -0.133. The van der Waals surface area contributed by atoms with Gasteiger partial charge >= 0.3 is 0 Å². The van der Waals surface area contributed by atoms with Crippen LogP contribution in [0.15, 0.2) is 121 Å². The fourth-order valence-electron chi connectivity index (χ4n) is 5.28. The van der Waals surface area contributed by atoms with Gasteiger partial charge in [-0.15, -0.1) is 0 Å². The Hall–Kier alpha value is -3.69. The van der Waals surface area contributed by atoms with Gasteiger partial charge in [0.15, 0.2) is 0 Å². The van der Waals surface area contributed by atoms with Crippen LogP contribution in [0.25, 0.3) is 0 Å². The summed E-state index contributed by atoms with van der Waals surface area (Å²) >= 11 is 0. The normalized spacial score (nSPS) is 16.6. The van der Waals surface area contributed by atoms with E-state index in [1.54, 1.807) is 0 Å². The molecule has 1 atom stereocenters. The van der Waals surface area contributed by atoms with Crippen molar-refractivity contribution in [1.82, 2.24) is 10.2 Å². The topological polar surface area (TPSA) is 32.3 Å². The molecule has 3 heteroatoms. The van der Waals surface area contributed by atoms with Crippen molar-refractivity contribution in [2.45, 2.75) is 37.4 Å². The third kappa shape index (κ3) is 4.91. The van der Waals surface area contributed by atoms with E-state index >= 15 is 0 Å². The Labute approximate surface area is 208 Å². The van der Waals surface area contributed by atoms with Crippen molar-refractivity contribution >= 4 is 5.91 Å². The number of hydrogen-bond acceptors (Lipinski definition) is 2. The predicted octanol–water partition coefficient (Wildman–Crippen LogP) is 6.15. The van der Waals surface area contributed by atoms with E-state index in [1.807, 2.05) is 41.3 Å². The van der Waals surface area contributed by atoms with Crippen LogP contribution in [0, 0.1) is 0 Å². The van der Waals surface area contributed by atoms with Crippen LogP contribution >= 0.6 is 0 Å². The van der Waals surface area contributed by atoms with Gasteiger partial charge in [0.05, 0.1) is 11.6 Å². The largest absolute Gasteiger partial charge is 0.337 e. The summed E-state index contributed by atoms with van der Waals surface area (Å²) in [4.78, 5) is 16.0. The van der Waals surface area contributed by atoms with E-state index in [-0.39, 0.29) is 11.9 Å². The maximum Gasteiger partial charge on any atom is 0.240 e. The van der Waals surface area contributed by atoms with Gasteiger partial charge in [0.25, 0.3) is 0 Å². The number of rotatable bonds is 7. The summed E-state index contributed by atoms with van der Waals surface area (Å²) in [6.45, 7) is 1.44. The van der Waals surface area contributed by atoms with Crippen molar-refractivity contribution < 1.29 is 4.79 Å². The third-order valence-corrected chi connectivity index (χ3v) is 7.01. The summed E-state index contributed by atoms with van der Waals surface area (Å²) in [6, 6.07) is 41.6. The summed E-state index contributed by atoms with van der Waals surface area (Å²) in [7, 11) is 0. The molecule has 1 N–H and O–H groups in total. The molecular formula is C32H32N2O. The molecule has 1 saturated heterocycles. The van der Waals surface area contributed by atoms with E-state index in [0.717, 1.165) is 42.5 Å². The summed E-state index contributed by atoms with van der Waals surface area (Å²) in [5, 5.41) is 3.93. The summed E-state index contributed by atoms with van der Waals surface area (Å²) < 4.78 is 0. The van der Waals surface area contributed by atoms with E-state index < -0.39 is 5.54 Å². The molecule has 35 heavy (non-hydrogen) atoms. The standard InChI is InChI=1S/C32H32N2O/c35-31-30(23-13-14-24-34(31)25-26-15-5-1-6-16-26)33-32(27-17-7-2-8-18-27,28-19-9-3-10-20-28)29-21-11-4-12-22-29/h1-12,15-22,30,33H,13-14,23-25H2. The minimum Gasteiger partial charge on any atom is -0.337 e. The lowest BCUT2D eigenvalue weighted by Gasteiger charge is -2.40. The van der Waals surface area contributed by atoms with Crippen molar-refractivity contribution in [1.29, 1.82) is 0 Å². The summed E-state index contributed by atoms with van der Waals surface area (Å²) in [5.41, 5.74) is 3.91. The Kier molecular flexibility index (Phi) is 7.06. The zero-order valence-electron chi connectivity index (χ0n) is 20.0. The van der Waals surface area contributed by atoms with Crippen molar-refractivity contribution in [3.63, 3.8) is 0 Å². The molecule has 176 valence electrons. The monoisotopic (exact) mass is 460 g/mol. The maximum atomic E-state index is 14.0. The van der Waals surface area contributed by atoms with Gasteiger partial charge in [-0.05, 0) is 41.5 Å². The first-order valence-electron chi connectivity index (χ1n) is 12.5. The van der Waals surface area contributed by atoms with Gasteiger partial charge in [0.2, 0.25) is 5.91 Å². The number of nitrogens with one attached hydrogen (secondary N) is 1. The number of carbonyl (C=O) groups excluding carboxylic acids is 1. The van der Waals surface area contributed by atoms with Crippen LogP contribution in [0.3, 0.4) is 0 Å². The Morgan fingerprint density at radius 2 is 1.11 bits per heavy atom. The molecule has 0 radical (unpaired) electrons. The Morgan fingerprint density at radius 1 is 0.657 bits per heavy atom. The zero-order chi connectivity index (χ0) is 23.9. The number of carbonyl (C=O) groups is 1. The highest BCUT2D eigenvalue weighted by atomic mass is 16.2. The van der Waals surface area contributed by atoms with E-state index in [0.29, 0.717) is 6.54 Å². The first kappa shape index (κ1) is 23.1. The average molecular weight is 461 g/mol. The van der Waals surface area contributed by atoms with Crippen LogP contribution in [-0.4, -0.2) is 23.4 Å². The minimum atomic E-state index is -0.646.